The second-order valence-corrected chi connectivity index (χ2v) is 13.8. The summed E-state index contributed by atoms with van der Waals surface area (Å²) in [5.41, 5.74) is 5.68. The molecular weight excluding hydrogens is 535 g/mol. The lowest BCUT2D eigenvalue weighted by Crippen LogP contribution is -2.61. The van der Waals surface area contributed by atoms with Gasteiger partial charge in [-0.15, -0.1) is 0 Å². The number of amides is 2. The molecular formula is C23H29Cl3N4O4S. The Hall–Kier alpha value is -1.26. The highest BCUT2D eigenvalue weighted by atomic mass is 35.5. The Morgan fingerprint density at radius 1 is 1.06 bits per heavy atom. The van der Waals surface area contributed by atoms with Crippen LogP contribution in [-0.4, -0.2) is 50.2 Å². The minimum atomic E-state index is -4.01. The maximum atomic E-state index is 13.4. The molecule has 0 spiro atoms. The number of hydrogen-bond donors (Lipinski definition) is 2. The van der Waals surface area contributed by atoms with E-state index in [0.29, 0.717) is 35.6 Å². The first-order valence-electron chi connectivity index (χ1n) is 12.0. The molecule has 4 saturated carbocycles. The van der Waals surface area contributed by atoms with Gasteiger partial charge in [-0.05, 0) is 73.8 Å². The summed E-state index contributed by atoms with van der Waals surface area (Å²) >= 11 is 18.6. The van der Waals surface area contributed by atoms with Crippen LogP contribution in [-0.2, 0) is 19.8 Å². The van der Waals surface area contributed by atoms with Crippen LogP contribution in [0, 0.1) is 23.2 Å². The van der Waals surface area contributed by atoms with E-state index in [1.54, 1.807) is 0 Å². The summed E-state index contributed by atoms with van der Waals surface area (Å²) in [5.74, 6) is 0.597. The standard InChI is InChI=1S/C23H29Cl3N4O4S/c24-16-6-17(25)22(18(26)7-16)30-3-1-2-29(35(30,33)34)12-20(32)28-21-14-4-13-5-15(21)10-23(8-13,9-14)11-19(27)31/h6-7,13-15,21H,1-5,8-12H2,(H2,27,31)(H,28,32). The van der Waals surface area contributed by atoms with E-state index < -0.39 is 10.2 Å². The van der Waals surface area contributed by atoms with Gasteiger partial charge in [-0.3, -0.25) is 13.9 Å². The number of hydrogen-bond acceptors (Lipinski definition) is 4. The van der Waals surface area contributed by atoms with Gasteiger partial charge in [0.25, 0.3) is 0 Å². The minimum Gasteiger partial charge on any atom is -0.370 e. The van der Waals surface area contributed by atoms with Crippen molar-refractivity contribution < 1.29 is 18.0 Å². The number of carbonyl (C=O) groups is 2. The zero-order valence-corrected chi connectivity index (χ0v) is 22.3. The smallest absolute Gasteiger partial charge is 0.304 e. The van der Waals surface area contributed by atoms with Crippen molar-refractivity contribution in [3.05, 3.63) is 27.2 Å². The zero-order valence-electron chi connectivity index (χ0n) is 19.2. The van der Waals surface area contributed by atoms with Crippen LogP contribution in [0.25, 0.3) is 0 Å². The molecule has 5 aliphatic rings. The molecule has 0 aromatic heterocycles. The molecule has 2 atom stereocenters. The van der Waals surface area contributed by atoms with Crippen molar-refractivity contribution in [2.45, 2.75) is 51.0 Å². The van der Waals surface area contributed by atoms with E-state index >= 15 is 0 Å². The molecule has 1 saturated heterocycles. The van der Waals surface area contributed by atoms with Crippen molar-refractivity contribution in [1.29, 1.82) is 0 Å². The van der Waals surface area contributed by atoms with Gasteiger partial charge in [0.05, 0.1) is 22.3 Å². The molecule has 35 heavy (non-hydrogen) atoms. The minimum absolute atomic E-state index is 0.00352. The van der Waals surface area contributed by atoms with Crippen LogP contribution in [0.2, 0.25) is 15.1 Å². The van der Waals surface area contributed by atoms with Crippen LogP contribution in [0.4, 0.5) is 5.69 Å². The van der Waals surface area contributed by atoms with Gasteiger partial charge < -0.3 is 11.1 Å². The molecule has 1 aromatic rings. The van der Waals surface area contributed by atoms with Crippen LogP contribution < -0.4 is 15.4 Å². The topological polar surface area (TPSA) is 113 Å². The van der Waals surface area contributed by atoms with Crippen molar-refractivity contribution in [1.82, 2.24) is 9.62 Å². The van der Waals surface area contributed by atoms with Crippen molar-refractivity contribution in [2.75, 3.05) is 23.9 Å². The summed E-state index contributed by atoms with van der Waals surface area (Å²) in [5, 5.41) is 3.73. The molecule has 192 valence electrons. The Morgan fingerprint density at radius 3 is 2.29 bits per heavy atom. The Kier molecular flexibility index (Phi) is 6.70. The lowest BCUT2D eigenvalue weighted by atomic mass is 9.47. The van der Waals surface area contributed by atoms with Crippen LogP contribution in [0.3, 0.4) is 0 Å². The molecule has 2 unspecified atom stereocenters. The van der Waals surface area contributed by atoms with Gasteiger partial charge in [0.15, 0.2) is 0 Å². The highest BCUT2D eigenvalue weighted by Gasteiger charge is 2.56. The third-order valence-corrected chi connectivity index (χ3v) is 10.9. The van der Waals surface area contributed by atoms with E-state index in [4.69, 9.17) is 40.5 Å². The summed E-state index contributed by atoms with van der Waals surface area (Å²) < 4.78 is 29.1. The predicted molar refractivity (Wildman–Crippen MR) is 136 cm³/mol. The molecule has 3 N–H and O–H groups in total. The average Bonchev–Trinajstić information content (AvgIpc) is 2.71. The van der Waals surface area contributed by atoms with E-state index in [2.05, 4.69) is 5.32 Å². The van der Waals surface area contributed by atoms with Gasteiger partial charge in [0, 0.05) is 30.6 Å². The maximum absolute atomic E-state index is 13.4. The molecule has 4 bridgehead atoms. The lowest BCUT2D eigenvalue weighted by molar-refractivity contribution is -0.134. The number of anilines is 1. The molecule has 1 aromatic carbocycles. The van der Waals surface area contributed by atoms with E-state index in [1.165, 1.54) is 16.4 Å². The Bertz CT molecular complexity index is 1120. The van der Waals surface area contributed by atoms with Crippen LogP contribution in [0.1, 0.15) is 44.9 Å². The van der Waals surface area contributed by atoms with E-state index in [-0.39, 0.29) is 58.6 Å². The van der Waals surface area contributed by atoms with Crippen molar-refractivity contribution >= 4 is 62.5 Å². The van der Waals surface area contributed by atoms with Crippen LogP contribution in [0.5, 0.6) is 0 Å². The van der Waals surface area contributed by atoms with Crippen molar-refractivity contribution in [2.24, 2.45) is 28.9 Å². The largest absolute Gasteiger partial charge is 0.370 e. The van der Waals surface area contributed by atoms with Gasteiger partial charge in [-0.25, -0.2) is 0 Å². The fourth-order valence-corrected chi connectivity index (χ4v) is 10.2. The number of benzene rings is 1. The zero-order chi connectivity index (χ0) is 25.1. The van der Waals surface area contributed by atoms with Crippen molar-refractivity contribution in [3.8, 4) is 0 Å². The van der Waals surface area contributed by atoms with Gasteiger partial charge >= 0.3 is 10.2 Å². The number of nitrogens with zero attached hydrogens (tertiary/aromatic N) is 2. The summed E-state index contributed by atoms with van der Waals surface area (Å²) in [6, 6.07) is 2.90. The summed E-state index contributed by atoms with van der Waals surface area (Å²) in [6.45, 7) is 0.168. The monoisotopic (exact) mass is 562 g/mol. The second kappa shape index (κ2) is 9.24. The fraction of sp³-hybridized carbons (Fsp3) is 0.652. The first-order valence-corrected chi connectivity index (χ1v) is 14.5. The maximum Gasteiger partial charge on any atom is 0.304 e. The lowest BCUT2D eigenvalue weighted by Gasteiger charge is -2.60. The Balaban J connectivity index is 1.28. The molecule has 0 radical (unpaired) electrons. The number of rotatable bonds is 6. The summed E-state index contributed by atoms with van der Waals surface area (Å²) in [7, 11) is -4.01. The summed E-state index contributed by atoms with van der Waals surface area (Å²) in [4.78, 5) is 24.8. The Morgan fingerprint density at radius 2 is 1.69 bits per heavy atom. The van der Waals surface area contributed by atoms with Crippen LogP contribution >= 0.6 is 34.8 Å². The average molecular weight is 564 g/mol. The van der Waals surface area contributed by atoms with E-state index in [9.17, 15) is 18.0 Å². The van der Waals surface area contributed by atoms with E-state index in [1.807, 2.05) is 0 Å². The number of carbonyl (C=O) groups excluding carboxylic acids is 2. The van der Waals surface area contributed by atoms with Gasteiger partial charge in [0.2, 0.25) is 11.8 Å². The van der Waals surface area contributed by atoms with Crippen LogP contribution in [0.15, 0.2) is 12.1 Å². The third-order valence-electron chi connectivity index (χ3n) is 8.20. The molecule has 1 heterocycles. The molecule has 8 nitrogen and oxygen atoms in total. The molecule has 4 aliphatic carbocycles. The second-order valence-electron chi connectivity index (χ2n) is 10.7. The number of nitrogens with two attached hydrogens (primary N) is 1. The quantitative estimate of drug-likeness (QED) is 0.551. The van der Waals surface area contributed by atoms with Gasteiger partial charge in [0.1, 0.15) is 0 Å². The first-order chi connectivity index (χ1) is 16.5. The highest BCUT2D eigenvalue weighted by Crippen LogP contribution is 2.61. The molecule has 2 amide bonds. The van der Waals surface area contributed by atoms with Gasteiger partial charge in [-0.1, -0.05) is 34.8 Å². The third kappa shape index (κ3) is 4.75. The highest BCUT2D eigenvalue weighted by molar-refractivity contribution is 7.90. The molecule has 6 rings (SSSR count). The normalized spacial score (nSPS) is 33.6. The molecule has 5 fully saturated rings. The summed E-state index contributed by atoms with van der Waals surface area (Å²) in [6.07, 6.45) is 5.81. The van der Waals surface area contributed by atoms with E-state index in [0.717, 1.165) is 36.4 Å². The Labute approximate surface area is 220 Å². The fourth-order valence-electron chi connectivity index (χ4n) is 7.33. The number of primary amides is 1. The first kappa shape index (κ1) is 25.4. The predicted octanol–water partition coefficient (Wildman–Crippen LogP) is 3.59. The number of halogens is 3. The van der Waals surface area contributed by atoms with Gasteiger partial charge in [-0.2, -0.15) is 12.7 Å². The SMILES string of the molecule is NC(=O)CC12CC3CC(C1)C(NC(=O)CN1CCCN(c4c(Cl)cc(Cl)cc4Cl)S1(=O)=O)C(C3)C2. The van der Waals surface area contributed by atoms with Crippen molar-refractivity contribution in [3.63, 3.8) is 0 Å². The molecule has 1 aliphatic heterocycles. The number of nitrogens with one attached hydrogen (secondary N) is 1. The molecule has 12 heteroatoms.